The summed E-state index contributed by atoms with van der Waals surface area (Å²) in [7, 11) is 0. The molecule has 1 amide bonds. The van der Waals surface area contributed by atoms with E-state index >= 15 is 0 Å². The molecule has 1 aliphatic rings. The molecule has 1 fully saturated rings. The first-order valence-electron chi connectivity index (χ1n) is 8.72. The summed E-state index contributed by atoms with van der Waals surface area (Å²) in [5.74, 6) is 0.0668. The van der Waals surface area contributed by atoms with Crippen LogP contribution in [0, 0.1) is 5.92 Å². The Hall–Kier alpha value is -2.82. The molecule has 4 rings (SSSR count). The highest BCUT2D eigenvalue weighted by Crippen LogP contribution is 2.26. The highest BCUT2D eigenvalue weighted by molar-refractivity contribution is 5.79. The second kappa shape index (κ2) is 6.97. The summed E-state index contributed by atoms with van der Waals surface area (Å²) in [6.45, 7) is 2.09. The lowest BCUT2D eigenvalue weighted by Crippen LogP contribution is -2.43. The van der Waals surface area contributed by atoms with Crippen LogP contribution in [0.5, 0.6) is 0 Å². The molecule has 5 heteroatoms. The monoisotopic (exact) mass is 335 g/mol. The van der Waals surface area contributed by atoms with Gasteiger partial charge in [-0.2, -0.15) is 4.98 Å². The van der Waals surface area contributed by atoms with Crippen molar-refractivity contribution in [1.29, 1.82) is 0 Å². The first-order valence-corrected chi connectivity index (χ1v) is 8.72. The second-order valence-corrected chi connectivity index (χ2v) is 6.45. The fourth-order valence-electron chi connectivity index (χ4n) is 3.29. The lowest BCUT2D eigenvalue weighted by atomic mass is 9.97. The van der Waals surface area contributed by atoms with E-state index in [4.69, 9.17) is 4.42 Å². The van der Waals surface area contributed by atoms with Gasteiger partial charge in [-0.15, -0.1) is 0 Å². The van der Waals surface area contributed by atoms with Gasteiger partial charge in [-0.05, 0) is 30.5 Å². The zero-order valence-electron chi connectivity index (χ0n) is 14.0. The minimum atomic E-state index is -0.0347. The predicted octanol–water partition coefficient (Wildman–Crippen LogP) is 3.36. The van der Waals surface area contributed by atoms with Crippen LogP contribution >= 0.6 is 0 Å². The Morgan fingerprint density at radius 2 is 1.96 bits per heavy atom. The van der Waals surface area contributed by atoms with Gasteiger partial charge in [-0.25, -0.2) is 0 Å². The van der Waals surface area contributed by atoms with E-state index in [1.165, 1.54) is 0 Å². The molecular weight excluding hydrogens is 314 g/mol. The molecule has 0 unspecified atom stereocenters. The molecule has 1 N–H and O–H groups in total. The summed E-state index contributed by atoms with van der Waals surface area (Å²) < 4.78 is 5.85. The van der Waals surface area contributed by atoms with Crippen LogP contribution in [-0.2, 0) is 11.3 Å². The van der Waals surface area contributed by atoms with Crippen molar-refractivity contribution in [2.45, 2.75) is 19.4 Å². The maximum atomic E-state index is 12.5. The number of carbonyl (C=O) groups is 1. The van der Waals surface area contributed by atoms with Crippen LogP contribution in [0.1, 0.15) is 18.4 Å². The van der Waals surface area contributed by atoms with Gasteiger partial charge in [0.05, 0.1) is 5.92 Å². The molecule has 0 radical (unpaired) electrons. The molecular formula is C20H21N3O2. The van der Waals surface area contributed by atoms with Gasteiger partial charge in [0, 0.05) is 19.6 Å². The molecule has 1 saturated heterocycles. The van der Waals surface area contributed by atoms with Crippen LogP contribution in [0.4, 0.5) is 6.01 Å². The molecule has 2 aromatic carbocycles. The number of rotatable bonds is 4. The zero-order chi connectivity index (χ0) is 17.1. The summed E-state index contributed by atoms with van der Waals surface area (Å²) in [5, 5.41) is 3.05. The third kappa shape index (κ3) is 3.50. The summed E-state index contributed by atoms with van der Waals surface area (Å²) in [6.07, 6.45) is 1.86. The molecule has 0 spiro atoms. The van der Waals surface area contributed by atoms with Gasteiger partial charge in [0.15, 0.2) is 5.58 Å². The topological polar surface area (TPSA) is 58.4 Å². The van der Waals surface area contributed by atoms with Crippen molar-refractivity contribution in [2.24, 2.45) is 5.92 Å². The van der Waals surface area contributed by atoms with Crippen LogP contribution in [0.3, 0.4) is 0 Å². The van der Waals surface area contributed by atoms with Crippen molar-refractivity contribution in [3.8, 4) is 0 Å². The van der Waals surface area contributed by atoms with E-state index < -0.39 is 0 Å². The quantitative estimate of drug-likeness (QED) is 0.794. The number of carbonyl (C=O) groups excluding carboxylic acids is 1. The normalized spacial score (nSPS) is 17.6. The highest BCUT2D eigenvalue weighted by atomic mass is 16.4. The molecule has 1 aromatic heterocycles. The van der Waals surface area contributed by atoms with Crippen molar-refractivity contribution in [1.82, 2.24) is 10.3 Å². The molecule has 1 atom stereocenters. The van der Waals surface area contributed by atoms with E-state index in [2.05, 4.69) is 15.2 Å². The number of hydrogen-bond donors (Lipinski definition) is 1. The van der Waals surface area contributed by atoms with Crippen molar-refractivity contribution in [3.05, 3.63) is 60.2 Å². The number of amides is 1. The molecule has 1 aliphatic heterocycles. The van der Waals surface area contributed by atoms with Crippen LogP contribution in [0.2, 0.25) is 0 Å². The van der Waals surface area contributed by atoms with Crippen molar-refractivity contribution in [3.63, 3.8) is 0 Å². The Balaban J connectivity index is 1.41. The maximum absolute atomic E-state index is 12.5. The van der Waals surface area contributed by atoms with Gasteiger partial charge >= 0.3 is 0 Å². The molecule has 2 heterocycles. The number of hydrogen-bond acceptors (Lipinski definition) is 4. The molecule has 25 heavy (non-hydrogen) atoms. The molecule has 0 bridgehead atoms. The van der Waals surface area contributed by atoms with Gasteiger partial charge in [-0.3, -0.25) is 4.79 Å². The number of aromatic nitrogens is 1. The average Bonchev–Trinajstić information content (AvgIpc) is 3.11. The molecule has 0 saturated carbocycles. The Labute approximate surface area is 146 Å². The number of fused-ring (bicyclic) bond motifs is 1. The molecule has 5 nitrogen and oxygen atoms in total. The third-order valence-electron chi connectivity index (χ3n) is 4.65. The number of nitrogens with one attached hydrogen (secondary N) is 1. The highest BCUT2D eigenvalue weighted by Gasteiger charge is 2.28. The number of para-hydroxylation sites is 2. The lowest BCUT2D eigenvalue weighted by Gasteiger charge is -2.30. The minimum absolute atomic E-state index is 0.0347. The molecule has 0 aliphatic carbocycles. The van der Waals surface area contributed by atoms with Gasteiger partial charge < -0.3 is 14.6 Å². The number of benzene rings is 2. The van der Waals surface area contributed by atoms with E-state index in [0.29, 0.717) is 19.1 Å². The lowest BCUT2D eigenvalue weighted by molar-refractivity contribution is -0.125. The fourth-order valence-corrected chi connectivity index (χ4v) is 3.29. The summed E-state index contributed by atoms with van der Waals surface area (Å²) in [5.41, 5.74) is 2.75. The van der Waals surface area contributed by atoms with Gasteiger partial charge in [0.2, 0.25) is 5.91 Å². The summed E-state index contributed by atoms with van der Waals surface area (Å²) in [6, 6.07) is 18.3. The van der Waals surface area contributed by atoms with E-state index in [-0.39, 0.29) is 11.8 Å². The van der Waals surface area contributed by atoms with E-state index in [1.807, 2.05) is 54.6 Å². The van der Waals surface area contributed by atoms with E-state index in [0.717, 1.165) is 36.0 Å². The van der Waals surface area contributed by atoms with Crippen molar-refractivity contribution >= 4 is 23.0 Å². The van der Waals surface area contributed by atoms with Gasteiger partial charge in [0.1, 0.15) is 5.52 Å². The molecule has 3 aromatic rings. The second-order valence-electron chi connectivity index (χ2n) is 6.45. The SMILES string of the molecule is O=C(NCc1ccccc1)[C@H]1CCCN(c2nc3ccccc3o2)C1. The zero-order valence-corrected chi connectivity index (χ0v) is 14.0. The third-order valence-corrected chi connectivity index (χ3v) is 4.65. The number of piperidine rings is 1. The molecule has 128 valence electrons. The van der Waals surface area contributed by atoms with Gasteiger partial charge in [0.25, 0.3) is 6.01 Å². The Kier molecular flexibility index (Phi) is 4.37. The maximum Gasteiger partial charge on any atom is 0.298 e. The van der Waals surface area contributed by atoms with E-state index in [9.17, 15) is 4.79 Å². The van der Waals surface area contributed by atoms with Crippen molar-refractivity contribution < 1.29 is 9.21 Å². The van der Waals surface area contributed by atoms with Crippen molar-refractivity contribution in [2.75, 3.05) is 18.0 Å². The number of nitrogens with zero attached hydrogens (tertiary/aromatic N) is 2. The largest absolute Gasteiger partial charge is 0.423 e. The van der Waals surface area contributed by atoms with E-state index in [1.54, 1.807) is 0 Å². The predicted molar refractivity (Wildman–Crippen MR) is 97.2 cm³/mol. The Morgan fingerprint density at radius 3 is 2.80 bits per heavy atom. The Morgan fingerprint density at radius 1 is 1.16 bits per heavy atom. The van der Waals surface area contributed by atoms with Crippen LogP contribution in [0.15, 0.2) is 59.0 Å². The minimum Gasteiger partial charge on any atom is -0.423 e. The van der Waals surface area contributed by atoms with Crippen LogP contribution in [0.25, 0.3) is 11.1 Å². The summed E-state index contributed by atoms with van der Waals surface area (Å²) >= 11 is 0. The summed E-state index contributed by atoms with van der Waals surface area (Å²) in [4.78, 5) is 19.2. The van der Waals surface area contributed by atoms with Gasteiger partial charge in [-0.1, -0.05) is 42.5 Å². The Bertz CT molecular complexity index is 827. The van der Waals surface area contributed by atoms with Crippen LogP contribution in [-0.4, -0.2) is 24.0 Å². The average molecular weight is 335 g/mol. The number of anilines is 1. The fraction of sp³-hybridized carbons (Fsp3) is 0.300. The first-order chi connectivity index (χ1) is 12.3. The first kappa shape index (κ1) is 15.7. The standard InChI is InChI=1S/C20H21N3O2/c24-19(21-13-15-7-2-1-3-8-15)16-9-6-12-23(14-16)20-22-17-10-4-5-11-18(17)25-20/h1-5,7-8,10-11,16H,6,9,12-14H2,(H,21,24)/t16-/m0/s1. The van der Waals surface area contributed by atoms with Crippen LogP contribution < -0.4 is 10.2 Å². The smallest absolute Gasteiger partial charge is 0.298 e. The number of oxazole rings is 1.